The number of nitrogens with one attached hydrogen (secondary N) is 1. The van der Waals surface area contributed by atoms with Crippen molar-refractivity contribution in [3.63, 3.8) is 0 Å². The minimum absolute atomic E-state index is 0.103. The smallest absolute Gasteiger partial charge is 0.227 e. The van der Waals surface area contributed by atoms with Gasteiger partial charge in [0, 0.05) is 54.4 Å². The molecule has 190 valence electrons. The average molecular weight is 507 g/mol. The number of amides is 1. The highest BCUT2D eigenvalue weighted by molar-refractivity contribution is 7.99. The summed E-state index contributed by atoms with van der Waals surface area (Å²) in [5, 5.41) is 3.58. The fourth-order valence-electron chi connectivity index (χ4n) is 4.13. The average Bonchev–Trinajstić information content (AvgIpc) is 3.78. The first-order valence-electron chi connectivity index (χ1n) is 12.7. The van der Waals surface area contributed by atoms with Crippen molar-refractivity contribution in [1.82, 2.24) is 14.9 Å². The van der Waals surface area contributed by atoms with Gasteiger partial charge < -0.3 is 26.6 Å². The van der Waals surface area contributed by atoms with Crippen LogP contribution < -0.4 is 21.7 Å². The zero-order valence-corrected chi connectivity index (χ0v) is 21.5. The molecular formula is C26H34N8OS. The molecule has 1 aromatic heterocycles. The van der Waals surface area contributed by atoms with Crippen LogP contribution in [0.2, 0.25) is 0 Å². The van der Waals surface area contributed by atoms with E-state index in [0.717, 1.165) is 80.5 Å². The van der Waals surface area contributed by atoms with Crippen molar-refractivity contribution in [3.05, 3.63) is 42.1 Å². The van der Waals surface area contributed by atoms with Crippen molar-refractivity contribution in [2.24, 2.45) is 28.3 Å². The number of carbonyl (C=O) groups is 1. The van der Waals surface area contributed by atoms with Crippen molar-refractivity contribution in [2.45, 2.75) is 42.7 Å². The lowest BCUT2D eigenvalue weighted by atomic mass is 10.3. The van der Waals surface area contributed by atoms with E-state index in [1.807, 2.05) is 30.3 Å². The summed E-state index contributed by atoms with van der Waals surface area (Å²) in [5.74, 6) is 2.43. The number of nitrogens with zero attached hydrogens (tertiary/aromatic N) is 5. The van der Waals surface area contributed by atoms with E-state index in [0.29, 0.717) is 22.7 Å². The Morgan fingerprint density at radius 1 is 1.08 bits per heavy atom. The minimum Gasteiger partial charge on any atom is -0.402 e. The van der Waals surface area contributed by atoms with Crippen molar-refractivity contribution < 1.29 is 4.79 Å². The summed E-state index contributed by atoms with van der Waals surface area (Å²) in [6.07, 6.45) is 5.95. The van der Waals surface area contributed by atoms with Crippen LogP contribution in [0.25, 0.3) is 0 Å². The summed E-state index contributed by atoms with van der Waals surface area (Å²) in [4.78, 5) is 31.8. The van der Waals surface area contributed by atoms with E-state index in [-0.39, 0.29) is 11.8 Å². The summed E-state index contributed by atoms with van der Waals surface area (Å²) in [5.41, 5.74) is 13.9. The lowest BCUT2D eigenvalue weighted by Gasteiger charge is -2.34. The molecule has 0 radical (unpaired) electrons. The molecule has 36 heavy (non-hydrogen) atoms. The summed E-state index contributed by atoms with van der Waals surface area (Å²) in [7, 11) is 0. The molecule has 2 aliphatic carbocycles. The van der Waals surface area contributed by atoms with Gasteiger partial charge in [-0.15, -0.1) is 0 Å². The fourth-order valence-corrected chi connectivity index (χ4v) is 4.89. The van der Waals surface area contributed by atoms with Gasteiger partial charge >= 0.3 is 0 Å². The number of allylic oxidation sites excluding steroid dienone is 1. The summed E-state index contributed by atoms with van der Waals surface area (Å²) in [6, 6.07) is 9.67. The Morgan fingerprint density at radius 2 is 1.78 bits per heavy atom. The number of amidine groups is 1. The number of nitrogens with two attached hydrogens (primary N) is 2. The third kappa shape index (κ3) is 6.55. The topological polar surface area (TPSA) is 126 Å². The Labute approximate surface area is 216 Å². The first kappa shape index (κ1) is 24.6. The Hall–Kier alpha value is -3.11. The lowest BCUT2D eigenvalue weighted by molar-refractivity contribution is -0.117. The van der Waals surface area contributed by atoms with Crippen LogP contribution in [0, 0.1) is 11.8 Å². The van der Waals surface area contributed by atoms with Crippen molar-refractivity contribution in [1.29, 1.82) is 0 Å². The number of piperazine rings is 1. The molecule has 3 fully saturated rings. The molecule has 1 aliphatic heterocycles. The summed E-state index contributed by atoms with van der Waals surface area (Å²) < 4.78 is 0. The number of benzene rings is 1. The Bertz CT molecular complexity index is 1150. The lowest BCUT2D eigenvalue weighted by Crippen LogP contribution is -2.46. The maximum absolute atomic E-state index is 12.0. The Balaban J connectivity index is 1.35. The molecular weight excluding hydrogens is 472 g/mol. The van der Waals surface area contributed by atoms with E-state index < -0.39 is 0 Å². The molecule has 0 unspecified atom stereocenters. The van der Waals surface area contributed by atoms with E-state index in [9.17, 15) is 4.79 Å². The molecule has 2 heterocycles. The molecule has 5 N–H and O–H groups in total. The van der Waals surface area contributed by atoms with Crippen LogP contribution in [0.1, 0.15) is 32.6 Å². The van der Waals surface area contributed by atoms with Gasteiger partial charge in [0.1, 0.15) is 11.7 Å². The molecule has 3 aliphatic rings. The van der Waals surface area contributed by atoms with Crippen molar-refractivity contribution in [3.8, 4) is 0 Å². The highest BCUT2D eigenvalue weighted by Crippen LogP contribution is 2.34. The summed E-state index contributed by atoms with van der Waals surface area (Å²) in [6.45, 7) is 7.04. The van der Waals surface area contributed by atoms with Gasteiger partial charge in [-0.2, -0.15) is 0 Å². The van der Waals surface area contributed by atoms with Crippen LogP contribution >= 0.6 is 11.8 Å². The number of aliphatic imine (C=N–C) groups is 1. The molecule has 10 heteroatoms. The second-order valence-electron chi connectivity index (χ2n) is 9.63. The first-order valence-corrected chi connectivity index (χ1v) is 13.5. The van der Waals surface area contributed by atoms with Gasteiger partial charge in [0.15, 0.2) is 11.0 Å². The van der Waals surface area contributed by atoms with Gasteiger partial charge in [-0.3, -0.25) is 4.79 Å². The molecule has 2 aromatic rings. The van der Waals surface area contributed by atoms with Gasteiger partial charge in [-0.05, 0) is 80.2 Å². The SMILES string of the molecule is CCN1CCN(c2cc(/N=C(N)/C=C(\N)C3CC3)nc(Sc3ccc(NC(=O)C4CC4)cc3)n2)CC1. The number of anilines is 2. The Morgan fingerprint density at radius 3 is 2.42 bits per heavy atom. The van der Waals surface area contributed by atoms with E-state index >= 15 is 0 Å². The fraction of sp³-hybridized carbons (Fsp3) is 0.462. The third-order valence-electron chi connectivity index (χ3n) is 6.71. The number of rotatable bonds is 9. The quantitative estimate of drug-likeness (QED) is 0.269. The monoisotopic (exact) mass is 506 g/mol. The predicted molar refractivity (Wildman–Crippen MR) is 145 cm³/mol. The standard InChI is InChI=1S/C26H34N8OS/c1-2-33-11-13-34(14-12-33)24-16-23(30-22(28)15-21(27)17-3-4-17)31-26(32-24)36-20-9-7-19(8-10-20)29-25(35)18-5-6-18/h7-10,15-18H,2-6,11-14,27H2,1H3,(H,29,35)(H2,28,30,31,32)/b21-15-. The second-order valence-corrected chi connectivity index (χ2v) is 10.7. The number of likely N-dealkylation sites (N-methyl/N-ethyl adjacent to an activating group) is 1. The molecule has 9 nitrogen and oxygen atoms in total. The second kappa shape index (κ2) is 10.9. The van der Waals surface area contributed by atoms with E-state index in [2.05, 4.69) is 32.0 Å². The highest BCUT2D eigenvalue weighted by atomic mass is 32.2. The van der Waals surface area contributed by atoms with E-state index in [1.165, 1.54) is 11.8 Å². The maximum atomic E-state index is 12.0. The molecule has 1 saturated heterocycles. The number of carbonyl (C=O) groups excluding carboxylic acids is 1. The molecule has 1 amide bonds. The van der Waals surface area contributed by atoms with Crippen LogP contribution in [0.4, 0.5) is 17.3 Å². The zero-order valence-electron chi connectivity index (χ0n) is 20.7. The molecule has 5 rings (SSSR count). The molecule has 0 atom stereocenters. The maximum Gasteiger partial charge on any atom is 0.227 e. The predicted octanol–water partition coefficient (Wildman–Crippen LogP) is 3.36. The van der Waals surface area contributed by atoms with Crippen LogP contribution in [-0.2, 0) is 4.79 Å². The van der Waals surface area contributed by atoms with Crippen molar-refractivity contribution in [2.75, 3.05) is 42.9 Å². The van der Waals surface area contributed by atoms with Gasteiger partial charge in [0.2, 0.25) is 5.91 Å². The van der Waals surface area contributed by atoms with Crippen LogP contribution in [0.5, 0.6) is 0 Å². The van der Waals surface area contributed by atoms with Gasteiger partial charge in [-0.25, -0.2) is 15.0 Å². The van der Waals surface area contributed by atoms with Crippen LogP contribution in [-0.4, -0.2) is 59.3 Å². The van der Waals surface area contributed by atoms with Crippen LogP contribution in [0.3, 0.4) is 0 Å². The first-order chi connectivity index (χ1) is 17.5. The molecule has 1 aromatic carbocycles. The largest absolute Gasteiger partial charge is 0.402 e. The van der Waals surface area contributed by atoms with E-state index in [1.54, 1.807) is 6.08 Å². The normalized spacial score (nSPS) is 19.4. The van der Waals surface area contributed by atoms with Gasteiger partial charge in [-0.1, -0.05) is 6.92 Å². The summed E-state index contributed by atoms with van der Waals surface area (Å²) >= 11 is 1.46. The highest BCUT2D eigenvalue weighted by Gasteiger charge is 2.29. The zero-order chi connectivity index (χ0) is 25.1. The molecule has 0 spiro atoms. The number of hydrogen-bond acceptors (Lipinski definition) is 8. The van der Waals surface area contributed by atoms with Gasteiger partial charge in [0.05, 0.1) is 0 Å². The molecule has 2 saturated carbocycles. The molecule has 0 bridgehead atoms. The number of hydrogen-bond donors (Lipinski definition) is 3. The minimum atomic E-state index is 0.103. The Kier molecular flexibility index (Phi) is 7.43. The van der Waals surface area contributed by atoms with Crippen molar-refractivity contribution >= 4 is 40.8 Å². The van der Waals surface area contributed by atoms with Gasteiger partial charge in [0.25, 0.3) is 0 Å². The van der Waals surface area contributed by atoms with Crippen LogP contribution in [0.15, 0.2) is 57.1 Å². The van der Waals surface area contributed by atoms with E-state index in [4.69, 9.17) is 16.5 Å². The third-order valence-corrected chi connectivity index (χ3v) is 7.58. The number of aromatic nitrogens is 2.